The lowest BCUT2D eigenvalue weighted by Crippen LogP contribution is -2.13. The average molecular weight is 286 g/mol. The minimum atomic E-state index is -0.263. The maximum absolute atomic E-state index is 6.27. The Kier molecular flexibility index (Phi) is 3.79. The smallest absolute Gasteiger partial charge is 0.0592 e. The lowest BCUT2D eigenvalue weighted by atomic mass is 10.00. The summed E-state index contributed by atoms with van der Waals surface area (Å²) in [6.07, 6.45) is 0. The largest absolute Gasteiger partial charge is 0.320 e. The number of halogens is 2. The molecule has 2 aromatic rings. The predicted octanol–water partition coefficient (Wildman–Crippen LogP) is 4.72. The Bertz CT molecular complexity index is 528. The first-order valence-electron chi connectivity index (χ1n) is 5.27. The second kappa shape index (κ2) is 4.99. The number of thiophene rings is 1. The molecule has 0 aliphatic carbocycles. The molecule has 0 amide bonds. The number of hydrogen-bond donors (Lipinski definition) is 1. The van der Waals surface area contributed by atoms with Crippen molar-refractivity contribution in [1.82, 2.24) is 0 Å². The summed E-state index contributed by atoms with van der Waals surface area (Å²) < 4.78 is 0. The van der Waals surface area contributed by atoms with Crippen molar-refractivity contribution in [2.75, 3.05) is 0 Å². The molecule has 1 aromatic heterocycles. The molecular formula is C13H13Cl2NS. The molecule has 0 aliphatic heterocycles. The van der Waals surface area contributed by atoms with Crippen LogP contribution in [0.1, 0.15) is 26.9 Å². The fraction of sp³-hybridized carbons (Fsp3) is 0.231. The molecule has 4 heteroatoms. The quantitative estimate of drug-likeness (QED) is 0.849. The second-order valence-electron chi connectivity index (χ2n) is 3.98. The van der Waals surface area contributed by atoms with Gasteiger partial charge in [-0.1, -0.05) is 29.3 Å². The van der Waals surface area contributed by atoms with Gasteiger partial charge in [-0.2, -0.15) is 0 Å². The number of hydrogen-bond acceptors (Lipinski definition) is 2. The van der Waals surface area contributed by atoms with Crippen LogP contribution in [-0.4, -0.2) is 0 Å². The van der Waals surface area contributed by atoms with Crippen molar-refractivity contribution in [2.45, 2.75) is 19.9 Å². The topological polar surface area (TPSA) is 26.0 Å². The standard InChI is InChI=1S/C13H13Cl2NS/c1-7-6-9(8(2)17-7)13(16)12-10(14)4-3-5-11(12)15/h3-6,13H,16H2,1-2H3. The maximum atomic E-state index is 6.27. The zero-order valence-corrected chi connectivity index (χ0v) is 12.0. The minimum Gasteiger partial charge on any atom is -0.320 e. The van der Waals surface area contributed by atoms with Crippen LogP contribution >= 0.6 is 34.5 Å². The molecule has 0 fully saturated rings. The van der Waals surface area contributed by atoms with E-state index < -0.39 is 0 Å². The van der Waals surface area contributed by atoms with Gasteiger partial charge in [0.2, 0.25) is 0 Å². The molecule has 0 bridgehead atoms. The third kappa shape index (κ3) is 2.50. The van der Waals surface area contributed by atoms with E-state index in [1.54, 1.807) is 11.3 Å². The van der Waals surface area contributed by atoms with Gasteiger partial charge < -0.3 is 5.73 Å². The van der Waals surface area contributed by atoms with E-state index in [0.29, 0.717) is 10.0 Å². The van der Waals surface area contributed by atoms with Crippen LogP contribution in [0.15, 0.2) is 24.3 Å². The highest BCUT2D eigenvalue weighted by atomic mass is 35.5. The van der Waals surface area contributed by atoms with E-state index in [9.17, 15) is 0 Å². The first-order valence-corrected chi connectivity index (χ1v) is 6.84. The Morgan fingerprint density at radius 2 is 1.76 bits per heavy atom. The zero-order valence-electron chi connectivity index (χ0n) is 9.63. The molecule has 1 aromatic carbocycles. The summed E-state index contributed by atoms with van der Waals surface area (Å²) in [6.45, 7) is 4.14. The van der Waals surface area contributed by atoms with Gasteiger partial charge in [-0.05, 0) is 37.6 Å². The van der Waals surface area contributed by atoms with Gasteiger partial charge in [-0.3, -0.25) is 0 Å². The van der Waals surface area contributed by atoms with Gasteiger partial charge in [-0.25, -0.2) is 0 Å². The molecular weight excluding hydrogens is 273 g/mol. The average Bonchev–Trinajstić information content (AvgIpc) is 2.57. The summed E-state index contributed by atoms with van der Waals surface area (Å²) >= 11 is 14.1. The Labute approximate surface area is 115 Å². The van der Waals surface area contributed by atoms with Crippen LogP contribution in [0.25, 0.3) is 0 Å². The molecule has 1 heterocycles. The number of aryl methyl sites for hydroxylation is 2. The Hall–Kier alpha value is -0.540. The van der Waals surface area contributed by atoms with Crippen LogP contribution in [0.2, 0.25) is 10.0 Å². The van der Waals surface area contributed by atoms with Crippen molar-refractivity contribution in [3.63, 3.8) is 0 Å². The molecule has 0 aliphatic rings. The van der Waals surface area contributed by atoms with Gasteiger partial charge in [0, 0.05) is 25.4 Å². The molecule has 0 spiro atoms. The van der Waals surface area contributed by atoms with Crippen molar-refractivity contribution >= 4 is 34.5 Å². The van der Waals surface area contributed by atoms with E-state index in [1.807, 2.05) is 18.2 Å². The van der Waals surface area contributed by atoms with E-state index in [2.05, 4.69) is 19.9 Å². The summed E-state index contributed by atoms with van der Waals surface area (Å²) in [5.41, 5.74) is 8.17. The lowest BCUT2D eigenvalue weighted by Gasteiger charge is -2.15. The van der Waals surface area contributed by atoms with E-state index in [0.717, 1.165) is 11.1 Å². The van der Waals surface area contributed by atoms with Crippen LogP contribution < -0.4 is 5.73 Å². The summed E-state index contributed by atoms with van der Waals surface area (Å²) in [6, 6.07) is 7.30. The summed E-state index contributed by atoms with van der Waals surface area (Å²) in [4.78, 5) is 2.46. The normalized spacial score (nSPS) is 12.8. The van der Waals surface area contributed by atoms with Crippen molar-refractivity contribution in [2.24, 2.45) is 5.73 Å². The van der Waals surface area contributed by atoms with Crippen molar-refractivity contribution < 1.29 is 0 Å². The second-order valence-corrected chi connectivity index (χ2v) is 6.26. The van der Waals surface area contributed by atoms with E-state index in [1.165, 1.54) is 9.75 Å². The lowest BCUT2D eigenvalue weighted by molar-refractivity contribution is 0.869. The molecule has 1 unspecified atom stereocenters. The van der Waals surface area contributed by atoms with Gasteiger partial charge in [0.05, 0.1) is 6.04 Å². The highest BCUT2D eigenvalue weighted by molar-refractivity contribution is 7.12. The minimum absolute atomic E-state index is 0.263. The van der Waals surface area contributed by atoms with E-state index in [-0.39, 0.29) is 6.04 Å². The molecule has 2 N–H and O–H groups in total. The fourth-order valence-electron chi connectivity index (χ4n) is 1.92. The van der Waals surface area contributed by atoms with Crippen LogP contribution in [-0.2, 0) is 0 Å². The van der Waals surface area contributed by atoms with Gasteiger partial charge in [0.25, 0.3) is 0 Å². The Morgan fingerprint density at radius 3 is 2.24 bits per heavy atom. The van der Waals surface area contributed by atoms with Crippen LogP contribution in [0.5, 0.6) is 0 Å². The molecule has 90 valence electrons. The summed E-state index contributed by atoms with van der Waals surface area (Å²) in [5.74, 6) is 0. The molecule has 2 rings (SSSR count). The third-order valence-electron chi connectivity index (χ3n) is 2.73. The SMILES string of the molecule is Cc1cc(C(N)c2c(Cl)cccc2Cl)c(C)s1. The number of benzene rings is 1. The molecule has 0 saturated heterocycles. The monoisotopic (exact) mass is 285 g/mol. The first kappa shape index (κ1) is 12.9. The van der Waals surface area contributed by atoms with Gasteiger partial charge in [0.15, 0.2) is 0 Å². The molecule has 0 radical (unpaired) electrons. The van der Waals surface area contributed by atoms with Crippen LogP contribution in [0.3, 0.4) is 0 Å². The van der Waals surface area contributed by atoms with Gasteiger partial charge in [-0.15, -0.1) is 11.3 Å². The fourth-order valence-corrected chi connectivity index (χ4v) is 3.53. The number of nitrogens with two attached hydrogens (primary N) is 1. The zero-order chi connectivity index (χ0) is 12.6. The summed E-state index contributed by atoms with van der Waals surface area (Å²) in [7, 11) is 0. The van der Waals surface area contributed by atoms with Gasteiger partial charge >= 0.3 is 0 Å². The molecule has 17 heavy (non-hydrogen) atoms. The highest BCUT2D eigenvalue weighted by Gasteiger charge is 2.18. The van der Waals surface area contributed by atoms with Crippen LogP contribution in [0.4, 0.5) is 0 Å². The maximum Gasteiger partial charge on any atom is 0.0592 e. The summed E-state index contributed by atoms with van der Waals surface area (Å²) in [5, 5.41) is 1.24. The third-order valence-corrected chi connectivity index (χ3v) is 4.37. The molecule has 1 atom stereocenters. The predicted molar refractivity (Wildman–Crippen MR) is 76.3 cm³/mol. The highest BCUT2D eigenvalue weighted by Crippen LogP contribution is 2.36. The van der Waals surface area contributed by atoms with Crippen LogP contribution in [0, 0.1) is 13.8 Å². The first-order chi connectivity index (χ1) is 8.00. The van der Waals surface area contributed by atoms with E-state index >= 15 is 0 Å². The van der Waals surface area contributed by atoms with Crippen molar-refractivity contribution in [3.05, 3.63) is 55.2 Å². The van der Waals surface area contributed by atoms with E-state index in [4.69, 9.17) is 28.9 Å². The van der Waals surface area contributed by atoms with Gasteiger partial charge in [0.1, 0.15) is 0 Å². The Morgan fingerprint density at radius 1 is 1.18 bits per heavy atom. The molecule has 1 nitrogen and oxygen atoms in total. The number of rotatable bonds is 2. The van der Waals surface area contributed by atoms with Crippen molar-refractivity contribution in [1.29, 1.82) is 0 Å². The van der Waals surface area contributed by atoms with Crippen molar-refractivity contribution in [3.8, 4) is 0 Å². The molecule has 0 saturated carbocycles. The Balaban J connectivity index is 2.51.